The van der Waals surface area contributed by atoms with Gasteiger partial charge in [0.1, 0.15) is 11.2 Å². The van der Waals surface area contributed by atoms with Crippen molar-refractivity contribution in [2.75, 3.05) is 0 Å². The smallest absolute Gasteiger partial charge is 0.143 e. The van der Waals surface area contributed by atoms with Crippen molar-refractivity contribution < 1.29 is 4.42 Å². The summed E-state index contributed by atoms with van der Waals surface area (Å²) in [4.78, 5) is 0. The zero-order valence-corrected chi connectivity index (χ0v) is 29.1. The van der Waals surface area contributed by atoms with Crippen LogP contribution in [-0.4, -0.2) is 0 Å². The second-order valence-electron chi connectivity index (χ2n) is 14.3. The molecule has 1 aliphatic rings. The predicted octanol–water partition coefficient (Wildman–Crippen LogP) is 14.7. The maximum atomic E-state index is 6.67. The van der Waals surface area contributed by atoms with E-state index in [1.54, 1.807) is 0 Å². The Bertz CT molecular complexity index is 3120. The lowest BCUT2D eigenvalue weighted by Crippen LogP contribution is -2.02. The van der Waals surface area contributed by atoms with Gasteiger partial charge in [-0.1, -0.05) is 152 Å². The van der Waals surface area contributed by atoms with Crippen LogP contribution in [-0.2, 0) is 6.42 Å². The first-order valence-electron chi connectivity index (χ1n) is 18.6. The first-order valence-corrected chi connectivity index (χ1v) is 18.6. The minimum absolute atomic E-state index is 0.917. The molecule has 0 spiro atoms. The molecule has 0 bridgehead atoms. The highest BCUT2D eigenvalue weighted by molar-refractivity contribution is 6.19. The number of hydrogen-bond donors (Lipinski definition) is 0. The standard InChI is InChI=1S/C52H34O/c1-2-14-34-29-36(28-27-33(34)13-1)35-16-11-17-38(30-35)49-43-22-5-7-24-45(43)50(46-25-8-6-23-44(46)49)39-18-12-19-40(31-39)51-41-20-4-3-15-37(41)32-47-42-21-9-10-26-48(42)53-52(47)51/h1-5,7-22,24-32H,6,23H2. The minimum atomic E-state index is 0.917. The second-order valence-corrected chi connectivity index (χ2v) is 14.3. The first kappa shape index (κ1) is 30.0. The predicted molar refractivity (Wildman–Crippen MR) is 225 cm³/mol. The summed E-state index contributed by atoms with van der Waals surface area (Å²) in [5, 5.41) is 9.81. The van der Waals surface area contributed by atoms with Gasteiger partial charge in [-0.15, -0.1) is 0 Å². The van der Waals surface area contributed by atoms with Crippen molar-refractivity contribution in [3.8, 4) is 44.5 Å². The Morgan fingerprint density at radius 1 is 0.377 bits per heavy atom. The van der Waals surface area contributed by atoms with E-state index in [4.69, 9.17) is 4.42 Å². The van der Waals surface area contributed by atoms with E-state index in [0.717, 1.165) is 45.9 Å². The fraction of sp³-hybridized carbons (Fsp3) is 0.0385. The molecule has 0 unspecified atom stereocenters. The van der Waals surface area contributed by atoms with Crippen LogP contribution in [0, 0.1) is 0 Å². The van der Waals surface area contributed by atoms with Crippen LogP contribution in [0.2, 0.25) is 0 Å². The third-order valence-electron chi connectivity index (χ3n) is 11.3. The third kappa shape index (κ3) is 4.78. The molecule has 0 radical (unpaired) electrons. The van der Waals surface area contributed by atoms with Gasteiger partial charge in [-0.2, -0.15) is 0 Å². The van der Waals surface area contributed by atoms with E-state index in [0.29, 0.717) is 0 Å². The average molecular weight is 675 g/mol. The molecule has 0 N–H and O–H groups in total. The number of para-hydroxylation sites is 1. The number of rotatable bonds is 4. The molecule has 0 fully saturated rings. The van der Waals surface area contributed by atoms with E-state index in [1.807, 2.05) is 0 Å². The van der Waals surface area contributed by atoms with Crippen LogP contribution in [0.4, 0.5) is 0 Å². The Labute approximate surface area is 308 Å². The van der Waals surface area contributed by atoms with E-state index < -0.39 is 0 Å². The maximum absolute atomic E-state index is 6.67. The van der Waals surface area contributed by atoms with Gasteiger partial charge >= 0.3 is 0 Å². The molecule has 1 aromatic heterocycles. The summed E-state index contributed by atoms with van der Waals surface area (Å²) in [6, 6.07) is 62.1. The summed E-state index contributed by atoms with van der Waals surface area (Å²) in [5.74, 6) is 0. The number of furan rings is 1. The zero-order chi connectivity index (χ0) is 34.9. The molecule has 53 heavy (non-hydrogen) atoms. The minimum Gasteiger partial charge on any atom is -0.455 e. The molecule has 0 amide bonds. The highest BCUT2D eigenvalue weighted by atomic mass is 16.3. The van der Waals surface area contributed by atoms with Crippen LogP contribution in [0.15, 0.2) is 180 Å². The molecule has 248 valence electrons. The van der Waals surface area contributed by atoms with Crippen LogP contribution in [0.25, 0.3) is 105 Å². The summed E-state index contributed by atoms with van der Waals surface area (Å²) < 4.78 is 6.67. The van der Waals surface area contributed by atoms with E-state index in [2.05, 4.69) is 182 Å². The number of hydrogen-bond acceptors (Lipinski definition) is 1. The van der Waals surface area contributed by atoms with Gasteiger partial charge in [-0.3, -0.25) is 0 Å². The molecule has 1 nitrogen and oxygen atoms in total. The van der Waals surface area contributed by atoms with Crippen molar-refractivity contribution in [2.24, 2.45) is 0 Å². The number of allylic oxidation sites excluding steroid dienone is 1. The molecule has 11 rings (SSSR count). The Kier molecular flexibility index (Phi) is 6.75. The lowest BCUT2D eigenvalue weighted by atomic mass is 9.79. The lowest BCUT2D eigenvalue weighted by Gasteiger charge is -2.24. The van der Waals surface area contributed by atoms with Crippen molar-refractivity contribution >= 4 is 60.3 Å². The topological polar surface area (TPSA) is 13.1 Å². The van der Waals surface area contributed by atoms with E-state index in [1.165, 1.54) is 76.8 Å². The van der Waals surface area contributed by atoms with Crippen molar-refractivity contribution in [1.29, 1.82) is 0 Å². The molecule has 1 heteroatoms. The zero-order valence-electron chi connectivity index (χ0n) is 29.1. The van der Waals surface area contributed by atoms with Gasteiger partial charge in [0.25, 0.3) is 0 Å². The van der Waals surface area contributed by atoms with Crippen LogP contribution in [0.5, 0.6) is 0 Å². The van der Waals surface area contributed by atoms with Gasteiger partial charge in [0.05, 0.1) is 0 Å². The van der Waals surface area contributed by atoms with Gasteiger partial charge < -0.3 is 4.42 Å². The summed E-state index contributed by atoms with van der Waals surface area (Å²) in [5.41, 5.74) is 14.5. The normalized spacial score (nSPS) is 12.7. The Morgan fingerprint density at radius 3 is 1.81 bits per heavy atom. The summed E-state index contributed by atoms with van der Waals surface area (Å²) in [6.45, 7) is 0. The SMILES string of the molecule is C1=Cc2c(c(-c3cccc(-c4ccc5ccccc5c4)c3)c3ccccc3c2-c2cccc(-c3c4ccccc4cc4c3oc3ccccc34)c2)CC1. The molecular formula is C52H34O. The average Bonchev–Trinajstić information content (AvgIpc) is 3.59. The highest BCUT2D eigenvalue weighted by Crippen LogP contribution is 2.47. The fourth-order valence-electron chi connectivity index (χ4n) is 8.89. The van der Waals surface area contributed by atoms with Crippen LogP contribution < -0.4 is 0 Å². The van der Waals surface area contributed by atoms with Crippen molar-refractivity contribution in [3.63, 3.8) is 0 Å². The van der Waals surface area contributed by atoms with E-state index in [-0.39, 0.29) is 0 Å². The maximum Gasteiger partial charge on any atom is 0.143 e. The summed E-state index contributed by atoms with van der Waals surface area (Å²) in [7, 11) is 0. The number of benzene rings is 9. The molecule has 9 aromatic carbocycles. The van der Waals surface area contributed by atoms with Gasteiger partial charge in [0.15, 0.2) is 0 Å². The number of fused-ring (bicyclic) bond motifs is 7. The molecule has 0 saturated heterocycles. The Hall–Kier alpha value is -6.70. The molecular weight excluding hydrogens is 641 g/mol. The molecule has 1 heterocycles. The van der Waals surface area contributed by atoms with Gasteiger partial charge in [-0.05, 0) is 126 Å². The highest BCUT2D eigenvalue weighted by Gasteiger charge is 2.23. The Morgan fingerprint density at radius 2 is 0.981 bits per heavy atom. The van der Waals surface area contributed by atoms with Crippen molar-refractivity contribution in [2.45, 2.75) is 12.8 Å². The summed E-state index contributed by atoms with van der Waals surface area (Å²) >= 11 is 0. The van der Waals surface area contributed by atoms with Gasteiger partial charge in [-0.25, -0.2) is 0 Å². The largest absolute Gasteiger partial charge is 0.455 e. The van der Waals surface area contributed by atoms with Crippen LogP contribution >= 0.6 is 0 Å². The Balaban J connectivity index is 1.13. The molecule has 0 aliphatic heterocycles. The molecule has 10 aromatic rings. The van der Waals surface area contributed by atoms with E-state index in [9.17, 15) is 0 Å². The summed E-state index contributed by atoms with van der Waals surface area (Å²) in [6.07, 6.45) is 6.76. The molecule has 0 atom stereocenters. The molecule has 1 aliphatic carbocycles. The second kappa shape index (κ2) is 11.9. The first-order chi connectivity index (χ1) is 26.3. The lowest BCUT2D eigenvalue weighted by molar-refractivity contribution is 0.670. The monoisotopic (exact) mass is 674 g/mol. The third-order valence-corrected chi connectivity index (χ3v) is 11.3. The van der Waals surface area contributed by atoms with Gasteiger partial charge in [0, 0.05) is 16.3 Å². The van der Waals surface area contributed by atoms with Crippen molar-refractivity contribution in [3.05, 3.63) is 187 Å². The van der Waals surface area contributed by atoms with Crippen molar-refractivity contribution in [1.82, 2.24) is 0 Å². The fourth-order valence-corrected chi connectivity index (χ4v) is 8.89. The van der Waals surface area contributed by atoms with Crippen LogP contribution in [0.1, 0.15) is 17.5 Å². The van der Waals surface area contributed by atoms with Gasteiger partial charge in [0.2, 0.25) is 0 Å². The van der Waals surface area contributed by atoms with Crippen LogP contribution in [0.3, 0.4) is 0 Å². The molecule has 0 saturated carbocycles. The quantitative estimate of drug-likeness (QED) is 0.181. The van der Waals surface area contributed by atoms with E-state index >= 15 is 0 Å².